The van der Waals surface area contributed by atoms with Gasteiger partial charge in [0.05, 0.1) is 17.5 Å². The van der Waals surface area contributed by atoms with Crippen molar-refractivity contribution in [2.45, 2.75) is 43.4 Å². The summed E-state index contributed by atoms with van der Waals surface area (Å²) in [5, 5.41) is 9.29. The summed E-state index contributed by atoms with van der Waals surface area (Å²) >= 11 is 1.41. The second-order valence-electron chi connectivity index (χ2n) is 8.31. The number of carbonyl (C=O) groups is 1. The average molecular weight is 467 g/mol. The van der Waals surface area contributed by atoms with E-state index in [1.807, 2.05) is 78.8 Å². The van der Waals surface area contributed by atoms with E-state index in [9.17, 15) is 4.79 Å². The lowest BCUT2D eigenvalue weighted by Crippen LogP contribution is -2.50. The van der Waals surface area contributed by atoms with Gasteiger partial charge in [0.1, 0.15) is 0 Å². The van der Waals surface area contributed by atoms with E-state index < -0.39 is 0 Å². The van der Waals surface area contributed by atoms with E-state index in [1.165, 1.54) is 11.8 Å². The quantitative estimate of drug-likeness (QED) is 0.530. The summed E-state index contributed by atoms with van der Waals surface area (Å²) in [6.45, 7) is 7.32. The summed E-state index contributed by atoms with van der Waals surface area (Å²) in [6, 6.07) is 15.6. The highest BCUT2D eigenvalue weighted by atomic mass is 32.2. The van der Waals surface area contributed by atoms with Crippen LogP contribution in [0.3, 0.4) is 0 Å². The molecule has 5 rings (SSSR count). The first-order valence-corrected chi connectivity index (χ1v) is 11.9. The van der Waals surface area contributed by atoms with Gasteiger partial charge in [-0.15, -0.1) is 10.2 Å². The van der Waals surface area contributed by atoms with E-state index in [-0.39, 0.29) is 30.2 Å². The molecule has 33 heavy (non-hydrogen) atoms. The van der Waals surface area contributed by atoms with Gasteiger partial charge in [0.15, 0.2) is 22.5 Å². The molecule has 3 atom stereocenters. The van der Waals surface area contributed by atoms with Crippen LogP contribution in [-0.2, 0) is 9.53 Å². The van der Waals surface area contributed by atoms with Crippen molar-refractivity contribution in [2.75, 3.05) is 19.9 Å². The minimum atomic E-state index is -0.321. The van der Waals surface area contributed by atoms with Crippen molar-refractivity contribution in [2.24, 2.45) is 0 Å². The number of rotatable bonds is 5. The molecule has 0 saturated carbocycles. The fourth-order valence-corrected chi connectivity index (χ4v) is 5.15. The van der Waals surface area contributed by atoms with Crippen LogP contribution in [0.5, 0.6) is 11.5 Å². The molecule has 0 aliphatic carbocycles. The van der Waals surface area contributed by atoms with Crippen molar-refractivity contribution in [1.29, 1.82) is 0 Å². The van der Waals surface area contributed by atoms with E-state index >= 15 is 0 Å². The number of aromatic nitrogens is 3. The molecule has 1 aromatic heterocycles. The van der Waals surface area contributed by atoms with Crippen molar-refractivity contribution >= 4 is 17.7 Å². The van der Waals surface area contributed by atoms with Crippen molar-refractivity contribution in [1.82, 2.24) is 19.7 Å². The van der Waals surface area contributed by atoms with Crippen LogP contribution in [-0.4, -0.2) is 62.9 Å². The van der Waals surface area contributed by atoms with Gasteiger partial charge in [0.2, 0.25) is 12.7 Å². The molecule has 1 amide bonds. The third kappa shape index (κ3) is 4.43. The molecule has 1 saturated heterocycles. The summed E-state index contributed by atoms with van der Waals surface area (Å²) in [6.07, 6.45) is 0.0564. The zero-order chi connectivity index (χ0) is 22.9. The Kier molecular flexibility index (Phi) is 5.99. The third-order valence-corrected chi connectivity index (χ3v) is 6.67. The van der Waals surface area contributed by atoms with Crippen LogP contribution in [0.4, 0.5) is 0 Å². The summed E-state index contributed by atoms with van der Waals surface area (Å²) < 4.78 is 18.8. The number of hydrogen-bond acceptors (Lipinski definition) is 7. The lowest BCUT2D eigenvalue weighted by Gasteiger charge is -2.36. The van der Waals surface area contributed by atoms with Gasteiger partial charge in [-0.3, -0.25) is 9.36 Å². The molecule has 0 radical (unpaired) electrons. The molecule has 0 bridgehead atoms. The molecule has 3 aromatic rings. The summed E-state index contributed by atoms with van der Waals surface area (Å²) in [7, 11) is 0. The number of fused-ring (bicyclic) bond motifs is 1. The molecule has 2 aliphatic rings. The molecule has 2 aromatic carbocycles. The molecule has 2 aliphatic heterocycles. The van der Waals surface area contributed by atoms with E-state index in [4.69, 9.17) is 14.2 Å². The zero-order valence-electron chi connectivity index (χ0n) is 18.8. The largest absolute Gasteiger partial charge is 0.454 e. The molecule has 0 spiro atoms. The fourth-order valence-electron chi connectivity index (χ4n) is 4.20. The van der Waals surface area contributed by atoms with Gasteiger partial charge in [0, 0.05) is 24.3 Å². The Hall–Kier alpha value is -3.04. The molecule has 3 heterocycles. The molecule has 8 nitrogen and oxygen atoms in total. The number of morpholine rings is 1. The number of ether oxygens (including phenoxy) is 3. The average Bonchev–Trinajstić information content (AvgIpc) is 3.44. The van der Waals surface area contributed by atoms with Crippen molar-refractivity contribution in [3.63, 3.8) is 0 Å². The minimum absolute atomic E-state index is 0.0282. The number of benzene rings is 2. The summed E-state index contributed by atoms with van der Waals surface area (Å²) in [5.41, 5.74) is 1.78. The zero-order valence-corrected chi connectivity index (χ0v) is 19.6. The Bertz CT molecular complexity index is 1140. The molecule has 172 valence electrons. The lowest BCUT2D eigenvalue weighted by molar-refractivity contribution is -0.142. The maximum Gasteiger partial charge on any atom is 0.236 e. The molecule has 3 unspecified atom stereocenters. The van der Waals surface area contributed by atoms with Gasteiger partial charge in [-0.25, -0.2) is 0 Å². The maximum absolute atomic E-state index is 13.2. The van der Waals surface area contributed by atoms with E-state index in [2.05, 4.69) is 10.2 Å². The first-order valence-electron chi connectivity index (χ1n) is 11.0. The Morgan fingerprint density at radius 1 is 1.03 bits per heavy atom. The van der Waals surface area contributed by atoms with E-state index in [0.29, 0.717) is 35.6 Å². The van der Waals surface area contributed by atoms with Crippen molar-refractivity contribution < 1.29 is 19.0 Å². The molecule has 1 fully saturated rings. The maximum atomic E-state index is 13.2. The molecule has 0 N–H and O–H groups in total. The number of para-hydroxylation sites is 1. The normalized spacial score (nSPS) is 20.6. The minimum Gasteiger partial charge on any atom is -0.454 e. The van der Waals surface area contributed by atoms with Gasteiger partial charge in [-0.1, -0.05) is 30.0 Å². The van der Waals surface area contributed by atoms with Crippen molar-refractivity contribution in [3.8, 4) is 28.6 Å². The predicted molar refractivity (Wildman–Crippen MR) is 125 cm³/mol. The van der Waals surface area contributed by atoms with Gasteiger partial charge >= 0.3 is 0 Å². The number of hydrogen-bond donors (Lipinski definition) is 0. The summed E-state index contributed by atoms with van der Waals surface area (Å²) in [5.74, 6) is 2.15. The van der Waals surface area contributed by atoms with Crippen LogP contribution in [0.1, 0.15) is 20.8 Å². The van der Waals surface area contributed by atoms with Crippen LogP contribution < -0.4 is 9.47 Å². The first-order chi connectivity index (χ1) is 16.0. The van der Waals surface area contributed by atoms with Gasteiger partial charge < -0.3 is 19.1 Å². The fraction of sp³-hybridized carbons (Fsp3) is 0.375. The number of amides is 1. The predicted octanol–water partition coefficient (Wildman–Crippen LogP) is 3.78. The Morgan fingerprint density at radius 2 is 1.76 bits per heavy atom. The van der Waals surface area contributed by atoms with Crippen LogP contribution >= 0.6 is 11.8 Å². The highest BCUT2D eigenvalue weighted by Gasteiger charge is 2.30. The van der Waals surface area contributed by atoms with E-state index in [1.54, 1.807) is 0 Å². The Morgan fingerprint density at radius 3 is 2.52 bits per heavy atom. The second kappa shape index (κ2) is 9.07. The smallest absolute Gasteiger partial charge is 0.236 e. The topological polar surface area (TPSA) is 78.7 Å². The highest BCUT2D eigenvalue weighted by molar-refractivity contribution is 8.00. The highest BCUT2D eigenvalue weighted by Crippen LogP contribution is 2.37. The lowest BCUT2D eigenvalue weighted by atomic mass is 10.2. The first kappa shape index (κ1) is 21.8. The van der Waals surface area contributed by atoms with Gasteiger partial charge in [-0.2, -0.15) is 0 Å². The Balaban J connectivity index is 1.46. The van der Waals surface area contributed by atoms with Crippen LogP contribution in [0.25, 0.3) is 17.1 Å². The van der Waals surface area contributed by atoms with Crippen molar-refractivity contribution in [3.05, 3.63) is 48.5 Å². The van der Waals surface area contributed by atoms with E-state index in [0.717, 1.165) is 11.3 Å². The monoisotopic (exact) mass is 466 g/mol. The Labute approximate surface area is 196 Å². The summed E-state index contributed by atoms with van der Waals surface area (Å²) in [4.78, 5) is 15.1. The number of nitrogens with zero attached hydrogens (tertiary/aromatic N) is 4. The second-order valence-corrected chi connectivity index (χ2v) is 9.61. The molecule has 9 heteroatoms. The van der Waals surface area contributed by atoms with Gasteiger partial charge in [0.25, 0.3) is 0 Å². The standard InChI is InChI=1S/C24H26N4O4S/c1-15-12-27(13-16(2)32-15)23(29)17(3)33-24-26-25-22(28(24)19-7-5-4-6-8-19)18-9-10-20-21(11-18)31-14-30-20/h4-11,15-17H,12-14H2,1-3H3. The number of thioether (sulfide) groups is 1. The molecular formula is C24H26N4O4S. The SMILES string of the molecule is CC1CN(C(=O)C(C)Sc2nnc(-c3ccc4c(c3)OCO4)n2-c2ccccc2)CC(C)O1. The van der Waals surface area contributed by atoms with Crippen LogP contribution in [0.2, 0.25) is 0 Å². The van der Waals surface area contributed by atoms with Gasteiger partial charge in [-0.05, 0) is 51.1 Å². The van der Waals surface area contributed by atoms with Crippen LogP contribution in [0, 0.1) is 0 Å². The van der Waals surface area contributed by atoms with Crippen LogP contribution in [0.15, 0.2) is 53.7 Å². The number of carbonyl (C=O) groups excluding carboxylic acids is 1. The molecular weight excluding hydrogens is 440 g/mol. The third-order valence-electron chi connectivity index (χ3n) is 5.64.